The molecule has 0 saturated carbocycles. The normalized spacial score (nSPS) is 13.9. The summed E-state index contributed by atoms with van der Waals surface area (Å²) in [7, 11) is 0. The summed E-state index contributed by atoms with van der Waals surface area (Å²) in [5, 5.41) is 7.77. The molecule has 29 heavy (non-hydrogen) atoms. The molecule has 0 atom stereocenters. The van der Waals surface area contributed by atoms with Gasteiger partial charge in [0.05, 0.1) is 18.8 Å². The maximum atomic E-state index is 12.5. The lowest BCUT2D eigenvalue weighted by Gasteiger charge is -2.28. The van der Waals surface area contributed by atoms with Crippen molar-refractivity contribution in [2.45, 2.75) is 39.9 Å². The van der Waals surface area contributed by atoms with Gasteiger partial charge in [-0.15, -0.1) is 0 Å². The van der Waals surface area contributed by atoms with Crippen LogP contribution in [0.25, 0.3) is 0 Å². The van der Waals surface area contributed by atoms with Crippen molar-refractivity contribution in [2.24, 2.45) is 0 Å². The third kappa shape index (κ3) is 4.57. The van der Waals surface area contributed by atoms with Crippen molar-refractivity contribution in [2.75, 3.05) is 13.1 Å². The average molecular weight is 389 g/mol. The van der Waals surface area contributed by atoms with Crippen LogP contribution in [0.15, 0.2) is 54.6 Å². The first-order valence-corrected chi connectivity index (χ1v) is 10.2. The van der Waals surface area contributed by atoms with Crippen molar-refractivity contribution in [3.63, 3.8) is 0 Å². The predicted molar refractivity (Wildman–Crippen MR) is 115 cm³/mol. The molecule has 1 aromatic heterocycles. The smallest absolute Gasteiger partial charge is 0.234 e. The van der Waals surface area contributed by atoms with E-state index in [1.807, 2.05) is 29.8 Å². The second kappa shape index (κ2) is 8.62. The summed E-state index contributed by atoms with van der Waals surface area (Å²) < 4.78 is 2.02. The highest BCUT2D eigenvalue weighted by Crippen LogP contribution is 2.18. The van der Waals surface area contributed by atoms with Gasteiger partial charge in [0, 0.05) is 30.9 Å². The molecule has 5 nitrogen and oxygen atoms in total. The molecular formula is C24H28N4O. The van der Waals surface area contributed by atoms with Gasteiger partial charge in [-0.3, -0.25) is 14.4 Å². The molecule has 150 valence electrons. The minimum Gasteiger partial charge on any atom is -0.351 e. The summed E-state index contributed by atoms with van der Waals surface area (Å²) in [6.07, 6.45) is 1.01. The topological polar surface area (TPSA) is 50.2 Å². The molecule has 0 bridgehead atoms. The van der Waals surface area contributed by atoms with Crippen LogP contribution >= 0.6 is 0 Å². The van der Waals surface area contributed by atoms with Crippen LogP contribution in [0.5, 0.6) is 0 Å². The molecule has 1 aliphatic heterocycles. The number of nitrogens with zero attached hydrogens (tertiary/aromatic N) is 3. The number of carbonyl (C=O) groups is 1. The Bertz CT molecular complexity index is 993. The molecule has 0 saturated heterocycles. The van der Waals surface area contributed by atoms with E-state index in [-0.39, 0.29) is 5.91 Å². The first-order valence-electron chi connectivity index (χ1n) is 10.2. The molecule has 0 fully saturated rings. The Morgan fingerprint density at radius 3 is 2.55 bits per heavy atom. The van der Waals surface area contributed by atoms with Crippen molar-refractivity contribution in [3.05, 3.63) is 88.2 Å². The summed E-state index contributed by atoms with van der Waals surface area (Å²) in [5.74, 6) is 0.0685. The van der Waals surface area contributed by atoms with Crippen LogP contribution in [0, 0.1) is 13.8 Å². The van der Waals surface area contributed by atoms with Crippen LogP contribution in [0.2, 0.25) is 0 Å². The maximum absolute atomic E-state index is 12.5. The molecule has 1 amide bonds. The van der Waals surface area contributed by atoms with E-state index in [2.05, 4.69) is 58.6 Å². The number of aromatic nitrogens is 2. The minimum absolute atomic E-state index is 0.0685. The van der Waals surface area contributed by atoms with Crippen LogP contribution in [0.4, 0.5) is 0 Å². The fourth-order valence-corrected chi connectivity index (χ4v) is 4.04. The van der Waals surface area contributed by atoms with Gasteiger partial charge in [0.15, 0.2) is 0 Å². The van der Waals surface area contributed by atoms with E-state index in [4.69, 9.17) is 0 Å². The number of carbonyl (C=O) groups excluding carboxylic acids is 1. The highest BCUT2D eigenvalue weighted by atomic mass is 16.2. The molecule has 1 aliphatic rings. The summed E-state index contributed by atoms with van der Waals surface area (Å²) in [4.78, 5) is 14.8. The zero-order valence-electron chi connectivity index (χ0n) is 17.2. The minimum atomic E-state index is 0.0685. The van der Waals surface area contributed by atoms with Gasteiger partial charge < -0.3 is 5.32 Å². The number of aryl methyl sites for hydroxylation is 1. The molecule has 0 aliphatic carbocycles. The quantitative estimate of drug-likeness (QED) is 0.705. The Morgan fingerprint density at radius 1 is 1.03 bits per heavy atom. The highest BCUT2D eigenvalue weighted by Gasteiger charge is 2.19. The molecule has 0 unspecified atom stereocenters. The molecule has 0 spiro atoms. The van der Waals surface area contributed by atoms with Crippen LogP contribution in [-0.4, -0.2) is 33.7 Å². The van der Waals surface area contributed by atoms with Gasteiger partial charge in [-0.25, -0.2) is 0 Å². The van der Waals surface area contributed by atoms with E-state index in [1.54, 1.807) is 0 Å². The fraction of sp³-hybridized carbons (Fsp3) is 0.333. The summed E-state index contributed by atoms with van der Waals surface area (Å²) in [6.45, 7) is 7.56. The first kappa shape index (κ1) is 19.4. The molecule has 2 heterocycles. The van der Waals surface area contributed by atoms with E-state index < -0.39 is 0 Å². The van der Waals surface area contributed by atoms with Crippen molar-refractivity contribution in [3.8, 4) is 0 Å². The van der Waals surface area contributed by atoms with Crippen molar-refractivity contribution in [1.29, 1.82) is 0 Å². The van der Waals surface area contributed by atoms with E-state index >= 15 is 0 Å². The summed E-state index contributed by atoms with van der Waals surface area (Å²) >= 11 is 0. The van der Waals surface area contributed by atoms with Crippen LogP contribution < -0.4 is 5.32 Å². The van der Waals surface area contributed by atoms with Gasteiger partial charge in [0.1, 0.15) is 0 Å². The van der Waals surface area contributed by atoms with E-state index in [0.29, 0.717) is 13.1 Å². The SMILES string of the molecule is Cc1nn(Cc2ccccc2)c(C)c1CNC(=O)CN1CCc2ccccc2C1. The lowest BCUT2D eigenvalue weighted by atomic mass is 10.00. The number of amides is 1. The average Bonchev–Trinajstić information content (AvgIpc) is 2.99. The number of nitrogens with one attached hydrogen (secondary N) is 1. The highest BCUT2D eigenvalue weighted by molar-refractivity contribution is 5.78. The summed E-state index contributed by atoms with van der Waals surface area (Å²) in [6, 6.07) is 18.8. The fourth-order valence-electron chi connectivity index (χ4n) is 4.04. The Morgan fingerprint density at radius 2 is 1.76 bits per heavy atom. The van der Waals surface area contributed by atoms with Gasteiger partial charge in [0.2, 0.25) is 5.91 Å². The van der Waals surface area contributed by atoms with Crippen LogP contribution in [0.3, 0.4) is 0 Å². The number of rotatable bonds is 6. The maximum Gasteiger partial charge on any atom is 0.234 e. The summed E-state index contributed by atoms with van der Waals surface area (Å²) in [5.41, 5.74) is 7.16. The Labute approximate surface area is 172 Å². The zero-order valence-corrected chi connectivity index (χ0v) is 17.2. The van der Waals surface area contributed by atoms with Crippen molar-refractivity contribution in [1.82, 2.24) is 20.0 Å². The third-order valence-corrected chi connectivity index (χ3v) is 5.75. The Balaban J connectivity index is 1.34. The molecule has 2 aromatic carbocycles. The first-order chi connectivity index (χ1) is 14.1. The van der Waals surface area contributed by atoms with Crippen molar-refractivity contribution >= 4 is 5.91 Å². The number of hydrogen-bond donors (Lipinski definition) is 1. The number of hydrogen-bond acceptors (Lipinski definition) is 3. The Hall–Kier alpha value is -2.92. The second-order valence-corrected chi connectivity index (χ2v) is 7.80. The van der Waals surface area contributed by atoms with Gasteiger partial charge >= 0.3 is 0 Å². The van der Waals surface area contributed by atoms with Gasteiger partial charge in [-0.05, 0) is 37.0 Å². The zero-order chi connectivity index (χ0) is 20.2. The number of fused-ring (bicyclic) bond motifs is 1. The van der Waals surface area contributed by atoms with Crippen molar-refractivity contribution < 1.29 is 4.79 Å². The Kier molecular flexibility index (Phi) is 5.76. The lowest BCUT2D eigenvalue weighted by molar-refractivity contribution is -0.122. The molecule has 1 N–H and O–H groups in total. The van der Waals surface area contributed by atoms with Gasteiger partial charge in [-0.2, -0.15) is 5.10 Å². The molecule has 4 rings (SSSR count). The molecular weight excluding hydrogens is 360 g/mol. The molecule has 0 radical (unpaired) electrons. The van der Waals surface area contributed by atoms with Gasteiger partial charge in [-0.1, -0.05) is 54.6 Å². The largest absolute Gasteiger partial charge is 0.351 e. The van der Waals surface area contributed by atoms with Gasteiger partial charge in [0.25, 0.3) is 0 Å². The second-order valence-electron chi connectivity index (χ2n) is 7.80. The predicted octanol–water partition coefficient (Wildman–Crippen LogP) is 3.22. The van der Waals surface area contributed by atoms with E-state index in [0.717, 1.165) is 43.0 Å². The van der Waals surface area contributed by atoms with E-state index in [1.165, 1.54) is 16.7 Å². The lowest BCUT2D eigenvalue weighted by Crippen LogP contribution is -2.39. The van der Waals surface area contributed by atoms with Crippen LogP contribution in [0.1, 0.15) is 33.6 Å². The monoisotopic (exact) mass is 388 g/mol. The molecule has 5 heteroatoms. The molecule has 3 aromatic rings. The standard InChI is InChI=1S/C24H28N4O/c1-18-23(19(2)28(26-18)15-20-8-4-3-5-9-20)14-25-24(29)17-27-13-12-21-10-6-7-11-22(21)16-27/h3-11H,12-17H2,1-2H3,(H,25,29). The van der Waals surface area contributed by atoms with E-state index in [9.17, 15) is 4.79 Å². The third-order valence-electron chi connectivity index (χ3n) is 5.75. The number of benzene rings is 2. The van der Waals surface area contributed by atoms with Crippen LogP contribution in [-0.2, 0) is 30.8 Å².